The smallest absolute Gasteiger partial charge is 0.276 e. The molecule has 9 nitrogen and oxygen atoms in total. The van der Waals surface area contributed by atoms with Crippen LogP contribution in [0.1, 0.15) is 21.9 Å². The SMILES string of the molecule is Cc1nn(Cn2ccc(C(=O)Nc3ccc(S(N)(=O)=O)cc3)n2)c(C)c1Br. The summed E-state index contributed by atoms with van der Waals surface area (Å²) in [6.45, 7) is 4.21. The highest BCUT2D eigenvalue weighted by atomic mass is 79.9. The first-order valence-corrected chi connectivity index (χ1v) is 10.2. The average Bonchev–Trinajstić information content (AvgIpc) is 3.16. The number of aromatic nitrogens is 4. The van der Waals surface area contributed by atoms with Crippen molar-refractivity contribution >= 4 is 37.5 Å². The van der Waals surface area contributed by atoms with Crippen LogP contribution in [0.4, 0.5) is 5.69 Å². The van der Waals surface area contributed by atoms with E-state index >= 15 is 0 Å². The molecule has 1 aromatic carbocycles. The molecule has 11 heteroatoms. The molecule has 0 saturated carbocycles. The van der Waals surface area contributed by atoms with E-state index in [2.05, 4.69) is 31.4 Å². The molecule has 0 spiro atoms. The molecule has 0 aliphatic heterocycles. The number of anilines is 1. The minimum Gasteiger partial charge on any atom is -0.321 e. The minimum atomic E-state index is -3.77. The van der Waals surface area contributed by atoms with Crippen LogP contribution in [0, 0.1) is 13.8 Å². The first-order chi connectivity index (χ1) is 12.6. The number of nitrogens with zero attached hydrogens (tertiary/aromatic N) is 4. The number of nitrogens with one attached hydrogen (secondary N) is 1. The fourth-order valence-corrected chi connectivity index (χ4v) is 3.23. The van der Waals surface area contributed by atoms with Crippen molar-refractivity contribution in [3.05, 3.63) is 58.1 Å². The number of benzene rings is 1. The van der Waals surface area contributed by atoms with Gasteiger partial charge >= 0.3 is 0 Å². The number of carbonyl (C=O) groups is 1. The lowest BCUT2D eigenvalue weighted by atomic mass is 10.3. The molecule has 0 aliphatic carbocycles. The van der Waals surface area contributed by atoms with Crippen LogP contribution in [-0.4, -0.2) is 33.9 Å². The zero-order chi connectivity index (χ0) is 19.8. The molecule has 0 fully saturated rings. The molecule has 2 heterocycles. The van der Waals surface area contributed by atoms with E-state index in [0.29, 0.717) is 12.4 Å². The Balaban J connectivity index is 1.70. The van der Waals surface area contributed by atoms with Gasteiger partial charge in [0.05, 0.1) is 20.8 Å². The molecular weight excluding hydrogens is 436 g/mol. The minimum absolute atomic E-state index is 0.0270. The van der Waals surface area contributed by atoms with Crippen LogP contribution in [0.3, 0.4) is 0 Å². The van der Waals surface area contributed by atoms with Crippen molar-refractivity contribution in [3.8, 4) is 0 Å². The number of rotatable bonds is 5. The summed E-state index contributed by atoms with van der Waals surface area (Å²) in [6, 6.07) is 7.16. The fraction of sp³-hybridized carbons (Fsp3) is 0.188. The first-order valence-electron chi connectivity index (χ1n) is 7.82. The van der Waals surface area contributed by atoms with Gasteiger partial charge in [-0.15, -0.1) is 0 Å². The molecule has 0 saturated heterocycles. The predicted octanol–water partition coefficient (Wildman–Crippen LogP) is 1.86. The topological polar surface area (TPSA) is 125 Å². The zero-order valence-electron chi connectivity index (χ0n) is 14.5. The summed E-state index contributed by atoms with van der Waals surface area (Å²) >= 11 is 3.47. The predicted molar refractivity (Wildman–Crippen MR) is 103 cm³/mol. The van der Waals surface area contributed by atoms with E-state index < -0.39 is 15.9 Å². The molecule has 3 rings (SSSR count). The number of aryl methyl sites for hydroxylation is 1. The second-order valence-electron chi connectivity index (χ2n) is 5.89. The van der Waals surface area contributed by atoms with Crippen LogP contribution in [0.25, 0.3) is 0 Å². The van der Waals surface area contributed by atoms with Gasteiger partial charge in [0.1, 0.15) is 6.67 Å². The number of sulfonamides is 1. The van der Waals surface area contributed by atoms with Crippen LogP contribution in [0.5, 0.6) is 0 Å². The summed E-state index contributed by atoms with van der Waals surface area (Å²) in [5.41, 5.74) is 2.50. The Morgan fingerprint density at radius 3 is 2.41 bits per heavy atom. The number of hydrogen-bond acceptors (Lipinski definition) is 5. The molecule has 0 radical (unpaired) electrons. The highest BCUT2D eigenvalue weighted by molar-refractivity contribution is 9.10. The Labute approximate surface area is 164 Å². The highest BCUT2D eigenvalue weighted by Gasteiger charge is 2.13. The maximum absolute atomic E-state index is 12.3. The molecule has 3 aromatic rings. The van der Waals surface area contributed by atoms with Gasteiger partial charge in [-0.2, -0.15) is 10.2 Å². The first kappa shape index (κ1) is 19.3. The van der Waals surface area contributed by atoms with Crippen molar-refractivity contribution in [3.63, 3.8) is 0 Å². The van der Waals surface area contributed by atoms with Crippen molar-refractivity contribution in [2.24, 2.45) is 5.14 Å². The molecule has 142 valence electrons. The van der Waals surface area contributed by atoms with Crippen molar-refractivity contribution in [1.29, 1.82) is 0 Å². The van der Waals surface area contributed by atoms with Crippen LogP contribution < -0.4 is 10.5 Å². The second-order valence-corrected chi connectivity index (χ2v) is 8.24. The number of primary sulfonamides is 1. The Morgan fingerprint density at radius 1 is 1.19 bits per heavy atom. The van der Waals surface area contributed by atoms with Gasteiger partial charge in [-0.05, 0) is 60.1 Å². The van der Waals surface area contributed by atoms with E-state index in [0.717, 1.165) is 15.9 Å². The normalized spacial score (nSPS) is 11.6. The highest BCUT2D eigenvalue weighted by Crippen LogP contribution is 2.19. The summed E-state index contributed by atoms with van der Waals surface area (Å²) in [7, 11) is -3.77. The lowest BCUT2D eigenvalue weighted by Gasteiger charge is -2.05. The van der Waals surface area contributed by atoms with Crippen LogP contribution in [0.2, 0.25) is 0 Å². The second kappa shape index (κ2) is 7.25. The fourth-order valence-electron chi connectivity index (χ4n) is 2.43. The Hall–Kier alpha value is -2.50. The number of carbonyl (C=O) groups excluding carboxylic acids is 1. The lowest BCUT2D eigenvalue weighted by Crippen LogP contribution is -2.16. The quantitative estimate of drug-likeness (QED) is 0.610. The Kier molecular flexibility index (Phi) is 5.18. The summed E-state index contributed by atoms with van der Waals surface area (Å²) in [6.07, 6.45) is 1.68. The van der Waals surface area contributed by atoms with E-state index in [4.69, 9.17) is 5.14 Å². The van der Waals surface area contributed by atoms with Crippen LogP contribution in [-0.2, 0) is 16.7 Å². The molecule has 0 atom stereocenters. The Morgan fingerprint density at radius 2 is 1.85 bits per heavy atom. The molecule has 1 amide bonds. The third-order valence-corrected chi connectivity index (χ3v) is 5.96. The van der Waals surface area contributed by atoms with Gasteiger partial charge in [0.2, 0.25) is 10.0 Å². The summed E-state index contributed by atoms with van der Waals surface area (Å²) in [5, 5.41) is 16.4. The third-order valence-electron chi connectivity index (χ3n) is 3.89. The molecule has 27 heavy (non-hydrogen) atoms. The van der Waals surface area contributed by atoms with Gasteiger partial charge in [-0.3, -0.25) is 9.48 Å². The van der Waals surface area contributed by atoms with Gasteiger partial charge in [-0.1, -0.05) is 0 Å². The Bertz CT molecular complexity index is 1100. The number of amides is 1. The van der Waals surface area contributed by atoms with Gasteiger partial charge in [-0.25, -0.2) is 18.2 Å². The molecule has 0 aliphatic rings. The van der Waals surface area contributed by atoms with Crippen LogP contribution in [0.15, 0.2) is 45.9 Å². The van der Waals surface area contributed by atoms with E-state index in [1.54, 1.807) is 21.6 Å². The van der Waals surface area contributed by atoms with Crippen molar-refractivity contribution in [2.45, 2.75) is 25.4 Å². The van der Waals surface area contributed by atoms with Gasteiger partial charge < -0.3 is 5.32 Å². The standard InChI is InChI=1S/C16H17BrN6O3S/c1-10-15(17)11(2)23(20-10)9-22-8-7-14(21-22)16(24)19-12-3-5-13(6-4-12)27(18,25)26/h3-8H,9H2,1-2H3,(H,19,24)(H2,18,25,26). The number of hydrogen-bond donors (Lipinski definition) is 2. The lowest BCUT2D eigenvalue weighted by molar-refractivity contribution is 0.102. The molecular formula is C16H17BrN6O3S. The van der Waals surface area contributed by atoms with E-state index in [1.807, 2.05) is 13.8 Å². The summed E-state index contributed by atoms with van der Waals surface area (Å²) in [5.74, 6) is -0.411. The average molecular weight is 453 g/mol. The van der Waals surface area contributed by atoms with Gasteiger partial charge in [0, 0.05) is 11.9 Å². The monoisotopic (exact) mass is 452 g/mol. The van der Waals surface area contributed by atoms with Crippen molar-refractivity contribution in [2.75, 3.05) is 5.32 Å². The van der Waals surface area contributed by atoms with Crippen molar-refractivity contribution in [1.82, 2.24) is 19.6 Å². The molecule has 0 bridgehead atoms. The molecule has 2 aromatic heterocycles. The molecule has 3 N–H and O–H groups in total. The maximum Gasteiger partial charge on any atom is 0.276 e. The largest absolute Gasteiger partial charge is 0.321 e. The van der Waals surface area contributed by atoms with E-state index in [1.165, 1.54) is 24.3 Å². The van der Waals surface area contributed by atoms with Crippen LogP contribution >= 0.6 is 15.9 Å². The van der Waals surface area contributed by atoms with Gasteiger partial charge in [0.25, 0.3) is 5.91 Å². The summed E-state index contributed by atoms with van der Waals surface area (Å²) in [4.78, 5) is 12.3. The maximum atomic E-state index is 12.3. The number of halogens is 1. The summed E-state index contributed by atoms with van der Waals surface area (Å²) < 4.78 is 26.8. The molecule has 0 unspecified atom stereocenters. The zero-order valence-corrected chi connectivity index (χ0v) is 17.0. The van der Waals surface area contributed by atoms with E-state index in [9.17, 15) is 13.2 Å². The van der Waals surface area contributed by atoms with Crippen molar-refractivity contribution < 1.29 is 13.2 Å². The van der Waals surface area contributed by atoms with E-state index in [-0.39, 0.29) is 10.6 Å². The van der Waals surface area contributed by atoms with Gasteiger partial charge in [0.15, 0.2) is 5.69 Å². The third kappa shape index (κ3) is 4.26. The number of nitrogens with two attached hydrogens (primary N) is 1.